The lowest BCUT2D eigenvalue weighted by molar-refractivity contribution is -0.123. The molecule has 24 heavy (non-hydrogen) atoms. The fourth-order valence-corrected chi connectivity index (χ4v) is 2.28. The molecule has 2 atom stereocenters. The van der Waals surface area contributed by atoms with E-state index in [-0.39, 0.29) is 17.9 Å². The van der Waals surface area contributed by atoms with Gasteiger partial charge in [-0.05, 0) is 38.5 Å². The van der Waals surface area contributed by atoms with Crippen LogP contribution in [0.1, 0.15) is 37.7 Å². The van der Waals surface area contributed by atoms with Gasteiger partial charge < -0.3 is 10.6 Å². The van der Waals surface area contributed by atoms with Crippen molar-refractivity contribution in [2.75, 3.05) is 0 Å². The van der Waals surface area contributed by atoms with E-state index in [4.69, 9.17) is 0 Å². The molecule has 0 saturated heterocycles. The number of H-pyrrole nitrogens is 1. The predicted octanol–water partition coefficient (Wildman–Crippen LogP) is 2.87. The summed E-state index contributed by atoms with van der Waals surface area (Å²) < 4.78 is 0.973. The van der Waals surface area contributed by atoms with Crippen LogP contribution in [0.2, 0.25) is 0 Å². The molecular weight excluding hydrogens is 372 g/mol. The third kappa shape index (κ3) is 4.67. The monoisotopic (exact) mass is 392 g/mol. The van der Waals surface area contributed by atoms with Crippen molar-refractivity contribution in [3.8, 4) is 11.3 Å². The maximum atomic E-state index is 12.2. The Morgan fingerprint density at radius 1 is 1.21 bits per heavy atom. The average molecular weight is 393 g/mol. The molecule has 2 aromatic rings. The molecule has 2 amide bonds. The number of aromatic nitrogens is 2. The molecule has 0 aliphatic heterocycles. The molecule has 0 aliphatic carbocycles. The highest BCUT2D eigenvalue weighted by Crippen LogP contribution is 2.20. The molecule has 0 fully saturated rings. The molecule has 0 aliphatic rings. The third-order valence-corrected chi connectivity index (χ3v) is 4.23. The Hall–Kier alpha value is -2.15. The Morgan fingerprint density at radius 3 is 2.50 bits per heavy atom. The minimum Gasteiger partial charge on any atom is -0.352 e. The van der Waals surface area contributed by atoms with E-state index in [0.717, 1.165) is 16.5 Å². The van der Waals surface area contributed by atoms with Crippen LogP contribution in [0.15, 0.2) is 34.8 Å². The number of carbonyl (C=O) groups is 2. The van der Waals surface area contributed by atoms with Crippen LogP contribution < -0.4 is 10.6 Å². The molecule has 6 nitrogen and oxygen atoms in total. The zero-order valence-corrected chi connectivity index (χ0v) is 15.5. The molecule has 0 spiro atoms. The standard InChI is InChI=1S/C17H21BrN4O2/c1-4-10(2)19-16(23)11(3)20-17(24)15-9-14(21-22-15)12-5-7-13(18)8-6-12/h5-11H,4H2,1-3H3,(H,19,23)(H,20,24)(H,21,22). The summed E-state index contributed by atoms with van der Waals surface area (Å²) in [6, 6.07) is 8.75. The van der Waals surface area contributed by atoms with E-state index in [1.54, 1.807) is 13.0 Å². The van der Waals surface area contributed by atoms with E-state index in [1.807, 2.05) is 38.1 Å². The average Bonchev–Trinajstić information content (AvgIpc) is 3.05. The second-order valence-corrected chi connectivity index (χ2v) is 6.60. The van der Waals surface area contributed by atoms with Crippen molar-refractivity contribution in [2.24, 2.45) is 0 Å². The number of carbonyl (C=O) groups excluding carboxylic acids is 2. The van der Waals surface area contributed by atoms with Crippen molar-refractivity contribution in [2.45, 2.75) is 39.3 Å². The number of nitrogens with zero attached hydrogens (tertiary/aromatic N) is 1. The smallest absolute Gasteiger partial charge is 0.269 e. The van der Waals surface area contributed by atoms with E-state index < -0.39 is 6.04 Å². The van der Waals surface area contributed by atoms with Crippen LogP contribution in [0.5, 0.6) is 0 Å². The Bertz CT molecular complexity index is 712. The first kappa shape index (κ1) is 18.2. The van der Waals surface area contributed by atoms with Gasteiger partial charge in [0.2, 0.25) is 5.91 Å². The molecule has 1 heterocycles. The number of halogens is 1. The van der Waals surface area contributed by atoms with Gasteiger partial charge in [0, 0.05) is 16.1 Å². The first-order chi connectivity index (χ1) is 11.4. The van der Waals surface area contributed by atoms with Gasteiger partial charge in [-0.15, -0.1) is 0 Å². The lowest BCUT2D eigenvalue weighted by Crippen LogP contribution is -2.47. The van der Waals surface area contributed by atoms with Crippen molar-refractivity contribution in [3.05, 3.63) is 40.5 Å². The predicted molar refractivity (Wildman–Crippen MR) is 96.5 cm³/mol. The number of rotatable bonds is 6. The lowest BCUT2D eigenvalue weighted by Gasteiger charge is -2.17. The number of hydrogen-bond acceptors (Lipinski definition) is 3. The molecule has 7 heteroatoms. The summed E-state index contributed by atoms with van der Waals surface area (Å²) in [7, 11) is 0. The van der Waals surface area contributed by atoms with Crippen LogP contribution in [0.3, 0.4) is 0 Å². The largest absolute Gasteiger partial charge is 0.352 e. The summed E-state index contributed by atoms with van der Waals surface area (Å²) >= 11 is 3.38. The number of hydrogen-bond donors (Lipinski definition) is 3. The lowest BCUT2D eigenvalue weighted by atomic mass is 10.1. The van der Waals surface area contributed by atoms with Gasteiger partial charge in [0.25, 0.3) is 5.91 Å². The fourth-order valence-electron chi connectivity index (χ4n) is 2.02. The minimum atomic E-state index is -0.620. The van der Waals surface area contributed by atoms with Crippen LogP contribution in [-0.4, -0.2) is 34.1 Å². The quantitative estimate of drug-likeness (QED) is 0.706. The number of aromatic amines is 1. The van der Waals surface area contributed by atoms with E-state index in [9.17, 15) is 9.59 Å². The SMILES string of the molecule is CCC(C)NC(=O)C(C)NC(=O)c1cc(-c2ccc(Br)cc2)n[nH]1. The van der Waals surface area contributed by atoms with Gasteiger partial charge in [-0.1, -0.05) is 35.0 Å². The molecule has 128 valence electrons. The highest BCUT2D eigenvalue weighted by atomic mass is 79.9. The molecule has 1 aromatic carbocycles. The topological polar surface area (TPSA) is 86.9 Å². The van der Waals surface area contributed by atoms with Crippen LogP contribution in [-0.2, 0) is 4.79 Å². The second kappa shape index (κ2) is 8.10. The van der Waals surface area contributed by atoms with Gasteiger partial charge in [0.1, 0.15) is 11.7 Å². The summed E-state index contributed by atoms with van der Waals surface area (Å²) in [6.45, 7) is 5.57. The minimum absolute atomic E-state index is 0.0769. The van der Waals surface area contributed by atoms with Gasteiger partial charge in [-0.3, -0.25) is 14.7 Å². The molecule has 0 saturated carbocycles. The first-order valence-electron chi connectivity index (χ1n) is 7.83. The van der Waals surface area contributed by atoms with Gasteiger partial charge in [-0.25, -0.2) is 0 Å². The number of benzene rings is 1. The molecule has 2 rings (SSSR count). The highest BCUT2D eigenvalue weighted by Gasteiger charge is 2.19. The van der Waals surface area contributed by atoms with Crippen molar-refractivity contribution in [1.82, 2.24) is 20.8 Å². The summed E-state index contributed by atoms with van der Waals surface area (Å²) in [5.41, 5.74) is 1.89. The van der Waals surface area contributed by atoms with Gasteiger partial charge >= 0.3 is 0 Å². The van der Waals surface area contributed by atoms with Crippen LogP contribution in [0.4, 0.5) is 0 Å². The van der Waals surface area contributed by atoms with E-state index in [0.29, 0.717) is 11.4 Å². The Labute approximate surface area is 149 Å². The maximum absolute atomic E-state index is 12.2. The molecule has 1 aromatic heterocycles. The Balaban J connectivity index is 2.00. The second-order valence-electron chi connectivity index (χ2n) is 5.69. The maximum Gasteiger partial charge on any atom is 0.269 e. The Kier molecular flexibility index (Phi) is 6.14. The van der Waals surface area contributed by atoms with Crippen molar-refractivity contribution < 1.29 is 9.59 Å². The van der Waals surface area contributed by atoms with Gasteiger partial charge in [0.15, 0.2) is 0 Å². The molecule has 0 bridgehead atoms. The number of nitrogens with one attached hydrogen (secondary N) is 3. The van der Waals surface area contributed by atoms with E-state index in [2.05, 4.69) is 36.8 Å². The normalized spacial score (nSPS) is 13.2. The van der Waals surface area contributed by atoms with Crippen LogP contribution in [0, 0.1) is 0 Å². The zero-order valence-electron chi connectivity index (χ0n) is 13.9. The summed E-state index contributed by atoms with van der Waals surface area (Å²) in [4.78, 5) is 24.2. The van der Waals surface area contributed by atoms with Crippen molar-refractivity contribution in [1.29, 1.82) is 0 Å². The number of amides is 2. The van der Waals surface area contributed by atoms with Gasteiger partial charge in [-0.2, -0.15) is 5.10 Å². The Morgan fingerprint density at radius 2 is 1.88 bits per heavy atom. The third-order valence-electron chi connectivity index (χ3n) is 3.70. The van der Waals surface area contributed by atoms with Crippen LogP contribution >= 0.6 is 15.9 Å². The summed E-state index contributed by atoms with van der Waals surface area (Å²) in [6.07, 6.45) is 0.837. The van der Waals surface area contributed by atoms with Gasteiger partial charge in [0.05, 0.1) is 5.69 Å². The van der Waals surface area contributed by atoms with Crippen molar-refractivity contribution >= 4 is 27.7 Å². The highest BCUT2D eigenvalue weighted by molar-refractivity contribution is 9.10. The fraction of sp³-hybridized carbons (Fsp3) is 0.353. The summed E-state index contributed by atoms with van der Waals surface area (Å²) in [5, 5.41) is 12.4. The zero-order chi connectivity index (χ0) is 17.7. The van der Waals surface area contributed by atoms with Crippen LogP contribution in [0.25, 0.3) is 11.3 Å². The molecule has 3 N–H and O–H groups in total. The van der Waals surface area contributed by atoms with Crippen molar-refractivity contribution in [3.63, 3.8) is 0 Å². The summed E-state index contributed by atoms with van der Waals surface area (Å²) in [5.74, 6) is -0.567. The molecule has 2 unspecified atom stereocenters. The molecule has 0 radical (unpaired) electrons. The first-order valence-corrected chi connectivity index (χ1v) is 8.62. The van der Waals surface area contributed by atoms with E-state index in [1.165, 1.54) is 0 Å². The molecular formula is C17H21BrN4O2. The van der Waals surface area contributed by atoms with E-state index >= 15 is 0 Å².